The molecule has 0 bridgehead atoms. The van der Waals surface area contributed by atoms with Crippen LogP contribution < -0.4 is 21.3 Å². The van der Waals surface area contributed by atoms with Crippen LogP contribution in [0.4, 0.5) is 0 Å². The summed E-state index contributed by atoms with van der Waals surface area (Å²) >= 11 is 0. The van der Waals surface area contributed by atoms with Crippen LogP contribution in [0.25, 0.3) is 0 Å². The van der Waals surface area contributed by atoms with E-state index in [-0.39, 0.29) is 97.9 Å². The Hall–Kier alpha value is -2.01. The molecule has 0 saturated carbocycles. The van der Waals surface area contributed by atoms with E-state index in [0.717, 1.165) is 39.3 Å². The lowest BCUT2D eigenvalue weighted by Crippen LogP contribution is -2.50. The Morgan fingerprint density at radius 2 is 0.646 bits per heavy atom. The third-order valence-corrected chi connectivity index (χ3v) is 12.0. The van der Waals surface area contributed by atoms with Crippen LogP contribution >= 0.6 is 0 Å². The van der Waals surface area contributed by atoms with Crippen molar-refractivity contribution in [2.45, 2.75) is 332 Å². The molecule has 0 unspecified atom stereocenters. The summed E-state index contributed by atoms with van der Waals surface area (Å²) in [5.74, 6) is -0.527. The summed E-state index contributed by atoms with van der Waals surface area (Å²) in [6.45, 7) is 79.1. The molecule has 0 spiro atoms. The number of hydrogen-bond acceptors (Lipinski definition) is 14. The van der Waals surface area contributed by atoms with Crippen molar-refractivity contribution < 1.29 is 43.3 Å². The van der Waals surface area contributed by atoms with Gasteiger partial charge in [0.1, 0.15) is 34.8 Å². The van der Waals surface area contributed by atoms with E-state index < -0.39 is 27.6 Å². The predicted octanol–water partition coefficient (Wildman–Crippen LogP) is 13.3. The average Bonchev–Trinajstić information content (AvgIpc) is 3.17. The van der Waals surface area contributed by atoms with Crippen LogP contribution in [-0.2, 0) is 38.2 Å². The fraction of sp³-hybridized carbons (Fsp3) is 0.926. The molecule has 490 valence electrons. The Bertz CT molecular complexity index is 1740. The Morgan fingerprint density at radius 1 is 0.378 bits per heavy atom. The Kier molecular flexibility index (Phi) is 35.8. The molecule has 82 heavy (non-hydrogen) atoms. The maximum Gasteiger partial charge on any atom is 0.170 e. The minimum atomic E-state index is -1.94. The van der Waals surface area contributed by atoms with Gasteiger partial charge >= 0.3 is 0 Å². The average molecular weight is 1170 g/mol. The van der Waals surface area contributed by atoms with Crippen molar-refractivity contribution in [2.75, 3.05) is 52.5 Å². The summed E-state index contributed by atoms with van der Waals surface area (Å²) in [4.78, 5) is 64.3. The first-order valence-corrected chi connectivity index (χ1v) is 30.7. The van der Waals surface area contributed by atoms with Gasteiger partial charge in [-0.2, -0.15) is 0 Å². The van der Waals surface area contributed by atoms with Gasteiger partial charge in [-0.25, -0.2) is 0 Å². The molecule has 0 aromatic heterocycles. The quantitative estimate of drug-likeness (QED) is 0.0615. The van der Waals surface area contributed by atoms with Crippen molar-refractivity contribution in [3.05, 3.63) is 0 Å². The Balaban J connectivity index is -0.000000496. The van der Waals surface area contributed by atoms with Crippen molar-refractivity contribution in [3.8, 4) is 0 Å². The molecular formula is C68H139N5O9. The lowest BCUT2D eigenvalue weighted by molar-refractivity contribution is -0.156. The number of ether oxygens (including phenoxy) is 3. The highest BCUT2D eigenvalue weighted by Gasteiger charge is 2.47. The number of nitrogens with one attached hydrogen (secondary N) is 4. The monoisotopic (exact) mass is 1170 g/mol. The highest BCUT2D eigenvalue weighted by atomic mass is 16.6. The first-order chi connectivity index (χ1) is 35.6. The minimum Gasteiger partial charge on any atom is -0.381 e. The summed E-state index contributed by atoms with van der Waals surface area (Å²) in [6, 6.07) is -0.0894. The fourth-order valence-electron chi connectivity index (χ4n) is 7.23. The summed E-state index contributed by atoms with van der Waals surface area (Å²) in [5.41, 5.74) is -4.84. The second-order valence-corrected chi connectivity index (χ2v) is 35.2. The van der Waals surface area contributed by atoms with Gasteiger partial charge in [0.25, 0.3) is 0 Å². The van der Waals surface area contributed by atoms with Crippen molar-refractivity contribution in [1.29, 1.82) is 0 Å². The van der Waals surface area contributed by atoms with E-state index in [1.54, 1.807) is 62.3 Å². The molecule has 0 radical (unpaired) electrons. The first kappa shape index (κ1) is 86.4. The van der Waals surface area contributed by atoms with Gasteiger partial charge in [0.05, 0.1) is 30.0 Å². The molecule has 0 fully saturated rings. The van der Waals surface area contributed by atoms with Crippen LogP contribution in [0.5, 0.6) is 0 Å². The van der Waals surface area contributed by atoms with Gasteiger partial charge in [-0.1, -0.05) is 104 Å². The van der Waals surface area contributed by atoms with E-state index in [9.17, 15) is 29.1 Å². The number of hydrogen-bond donors (Lipinski definition) is 5. The maximum absolute atomic E-state index is 12.7. The maximum atomic E-state index is 12.7. The highest BCUT2D eigenvalue weighted by Crippen LogP contribution is 2.34. The zero-order valence-corrected chi connectivity index (χ0v) is 60.8. The SMILES string of the molecule is CC(C)(C)C(=O)CC(O)(CC(=O)C(C)(C)C)C(=O)C(C)(C)C.CC(C)(C)NC(CC(=O)C(C)(C)C)CC(=O)C(C)(C)C.CC(C)(C)NCCN(CCNC(C)(C)C)CCNC(C)(C)C.CC(C)(C)OCC(COC(C)(C)C)OC(C)(C)C. The number of Topliss-reactive ketones (excluding diaryl/α,β-unsaturated/α-hetero) is 5. The minimum absolute atomic E-state index is 0.0385. The van der Waals surface area contributed by atoms with Gasteiger partial charge in [-0.3, -0.25) is 28.9 Å². The van der Waals surface area contributed by atoms with E-state index in [4.69, 9.17) is 14.2 Å². The number of carbonyl (C=O) groups excluding carboxylic acids is 5. The Labute approximate surface area is 507 Å². The second-order valence-electron chi connectivity index (χ2n) is 35.2. The third kappa shape index (κ3) is 51.2. The number of nitrogens with zero attached hydrogens (tertiary/aromatic N) is 1. The molecule has 14 nitrogen and oxygen atoms in total. The molecule has 5 N–H and O–H groups in total. The summed E-state index contributed by atoms with van der Waals surface area (Å²) < 4.78 is 17.6. The molecule has 0 saturated heterocycles. The Morgan fingerprint density at radius 3 is 0.841 bits per heavy atom. The van der Waals surface area contributed by atoms with Gasteiger partial charge in [-0.15, -0.1) is 0 Å². The fourth-order valence-corrected chi connectivity index (χ4v) is 7.23. The summed E-state index contributed by atoms with van der Waals surface area (Å²) in [7, 11) is 0. The summed E-state index contributed by atoms with van der Waals surface area (Å²) in [6.07, 6.45) is 0.122. The number of ketones is 5. The van der Waals surface area contributed by atoms with E-state index in [2.05, 4.69) is 109 Å². The topological polar surface area (TPSA) is 185 Å². The molecule has 0 aliphatic heterocycles. The number of rotatable bonds is 24. The van der Waals surface area contributed by atoms with Gasteiger partial charge in [-0.05, 0) is 145 Å². The molecule has 0 aliphatic rings. The molecule has 0 heterocycles. The highest BCUT2D eigenvalue weighted by molar-refractivity contribution is 6.01. The molecule has 0 amide bonds. The number of aliphatic hydroxyl groups is 1. The summed E-state index contributed by atoms with van der Waals surface area (Å²) in [5, 5.41) is 25.1. The van der Waals surface area contributed by atoms with Crippen molar-refractivity contribution in [1.82, 2.24) is 26.2 Å². The molecule has 0 atom stereocenters. The van der Waals surface area contributed by atoms with Crippen LogP contribution in [0.2, 0.25) is 0 Å². The zero-order chi connectivity index (χ0) is 66.6. The molecule has 0 aromatic rings. The van der Waals surface area contributed by atoms with Crippen LogP contribution in [0, 0.1) is 27.1 Å². The normalized spacial score (nSPS) is 14.0. The second kappa shape index (κ2) is 33.9. The third-order valence-electron chi connectivity index (χ3n) is 12.0. The van der Waals surface area contributed by atoms with Crippen molar-refractivity contribution >= 4 is 28.9 Å². The van der Waals surface area contributed by atoms with Crippen LogP contribution in [-0.4, -0.2) is 148 Å². The first-order valence-electron chi connectivity index (χ1n) is 30.7. The van der Waals surface area contributed by atoms with Gasteiger partial charge in [0.2, 0.25) is 0 Å². The molecule has 0 aliphatic carbocycles. The van der Waals surface area contributed by atoms with Crippen LogP contribution in [0.15, 0.2) is 0 Å². The van der Waals surface area contributed by atoms with Gasteiger partial charge in [0.15, 0.2) is 5.78 Å². The van der Waals surface area contributed by atoms with Crippen LogP contribution in [0.1, 0.15) is 275 Å². The van der Waals surface area contributed by atoms with E-state index in [0.29, 0.717) is 26.1 Å². The van der Waals surface area contributed by atoms with Crippen molar-refractivity contribution in [3.63, 3.8) is 0 Å². The number of carbonyl (C=O) groups is 5. The lowest BCUT2D eigenvalue weighted by atomic mass is 9.71. The lowest BCUT2D eigenvalue weighted by Gasteiger charge is -2.35. The largest absolute Gasteiger partial charge is 0.381 e. The van der Waals surface area contributed by atoms with Gasteiger partial charge in [0, 0.05) is 120 Å². The van der Waals surface area contributed by atoms with Gasteiger partial charge < -0.3 is 40.6 Å². The van der Waals surface area contributed by atoms with E-state index in [1.807, 2.05) is 104 Å². The van der Waals surface area contributed by atoms with Crippen molar-refractivity contribution in [2.24, 2.45) is 27.1 Å². The molecule has 0 rings (SSSR count). The van der Waals surface area contributed by atoms with Crippen LogP contribution in [0.3, 0.4) is 0 Å². The molecule has 0 aromatic carbocycles. The van der Waals surface area contributed by atoms with E-state index in [1.165, 1.54) is 0 Å². The van der Waals surface area contributed by atoms with E-state index >= 15 is 0 Å². The zero-order valence-electron chi connectivity index (χ0n) is 60.8. The smallest absolute Gasteiger partial charge is 0.170 e. The molecular weight excluding hydrogens is 1030 g/mol. The standard InChI is InChI=1S/C18H42N4.C18H32O4.C17H33NO2.C15H32O3/c1-16(2,3)19-10-13-22(14-11-20-17(4,5)6)15-12-21-18(7,8)9;1-15(2,3)12(19)10-18(22,14(21)17(7,8)9)11-13(20)16(4,5)6;1-15(2,3)13(19)10-12(18-17(7,8)9)11-14(20)16(4,5)6;1-13(2,3)16-10-12(18-15(7,8)9)11-17-14(4,5)6/h19-21H,10-15H2,1-9H3;22H,10-11H2,1-9H3;12,18H,10-11H2,1-9H3;12H,10-11H2,1-9H3. The molecule has 14 heteroatoms. The predicted molar refractivity (Wildman–Crippen MR) is 348 cm³/mol.